The van der Waals surface area contributed by atoms with Gasteiger partial charge in [0.25, 0.3) is 0 Å². The van der Waals surface area contributed by atoms with Crippen molar-refractivity contribution in [1.29, 1.82) is 0 Å². The Hall–Kier alpha value is -1.82. The van der Waals surface area contributed by atoms with Crippen molar-refractivity contribution < 1.29 is 0 Å². The molecule has 1 saturated heterocycles. The van der Waals surface area contributed by atoms with Gasteiger partial charge in [0.05, 0.1) is 16.7 Å². The van der Waals surface area contributed by atoms with Gasteiger partial charge in [0.15, 0.2) is 0 Å². The van der Waals surface area contributed by atoms with Crippen LogP contribution in [0.1, 0.15) is 16.1 Å². The van der Waals surface area contributed by atoms with E-state index in [2.05, 4.69) is 58.0 Å². The largest absolute Gasteiger partial charge is 0.305 e. The molecule has 0 aliphatic carbocycles. The van der Waals surface area contributed by atoms with Crippen LogP contribution in [0.2, 0.25) is 0 Å². The first kappa shape index (κ1) is 17.6. The van der Waals surface area contributed by atoms with E-state index in [1.54, 1.807) is 11.3 Å². The van der Waals surface area contributed by atoms with E-state index in [1.165, 1.54) is 21.5 Å². The number of likely N-dealkylation sites (N-methyl/N-ethyl adjacent to an activating group) is 1. The first-order chi connectivity index (χ1) is 12.7. The Balaban J connectivity index is 1.53. The van der Waals surface area contributed by atoms with E-state index in [9.17, 15) is 0 Å². The lowest BCUT2D eigenvalue weighted by Gasteiger charge is -2.24. The molecular weight excluding hydrogens is 340 g/mol. The Kier molecular flexibility index (Phi) is 5.29. The van der Waals surface area contributed by atoms with Gasteiger partial charge < -0.3 is 4.90 Å². The SMILES string of the molecule is Cc1ncsc1CN1CCN(C)C[C@H](Cc2cccc3ncccc23)C1. The molecule has 4 nitrogen and oxygen atoms in total. The van der Waals surface area contributed by atoms with Crippen LogP contribution >= 0.6 is 11.3 Å². The minimum absolute atomic E-state index is 0.626. The van der Waals surface area contributed by atoms with Gasteiger partial charge in [0.1, 0.15) is 0 Å². The lowest BCUT2D eigenvalue weighted by molar-refractivity contribution is 0.250. The molecule has 0 saturated carbocycles. The first-order valence-electron chi connectivity index (χ1n) is 9.31. The van der Waals surface area contributed by atoms with E-state index in [1.807, 2.05) is 17.8 Å². The smallest absolute Gasteiger partial charge is 0.0798 e. The van der Waals surface area contributed by atoms with Gasteiger partial charge in [0.2, 0.25) is 0 Å². The molecule has 1 aliphatic heterocycles. The number of hydrogen-bond donors (Lipinski definition) is 0. The number of aromatic nitrogens is 2. The van der Waals surface area contributed by atoms with E-state index >= 15 is 0 Å². The van der Waals surface area contributed by atoms with Crippen LogP contribution in [0.15, 0.2) is 42.0 Å². The average Bonchev–Trinajstić information content (AvgIpc) is 2.95. The van der Waals surface area contributed by atoms with Crippen LogP contribution in [0.3, 0.4) is 0 Å². The lowest BCUT2D eigenvalue weighted by Crippen LogP contribution is -2.30. The zero-order valence-electron chi connectivity index (χ0n) is 15.6. The highest BCUT2D eigenvalue weighted by Crippen LogP contribution is 2.23. The third-order valence-electron chi connectivity index (χ3n) is 5.34. The molecule has 0 N–H and O–H groups in total. The molecule has 3 heterocycles. The molecule has 0 spiro atoms. The van der Waals surface area contributed by atoms with Crippen LogP contribution in [0.5, 0.6) is 0 Å². The molecule has 4 rings (SSSR count). The number of aryl methyl sites for hydroxylation is 1. The number of benzene rings is 1. The van der Waals surface area contributed by atoms with Gasteiger partial charge in [-0.3, -0.25) is 9.88 Å². The Labute approximate surface area is 159 Å². The number of nitrogens with zero attached hydrogens (tertiary/aromatic N) is 4. The van der Waals surface area contributed by atoms with E-state index in [0.29, 0.717) is 5.92 Å². The van der Waals surface area contributed by atoms with Crippen molar-refractivity contribution in [3.05, 3.63) is 58.2 Å². The van der Waals surface area contributed by atoms with Crippen LogP contribution in [0, 0.1) is 12.8 Å². The Morgan fingerprint density at radius 3 is 2.88 bits per heavy atom. The van der Waals surface area contributed by atoms with Crippen LogP contribution in [0.25, 0.3) is 10.9 Å². The van der Waals surface area contributed by atoms with Gasteiger partial charge in [-0.1, -0.05) is 18.2 Å². The first-order valence-corrected chi connectivity index (χ1v) is 10.2. The summed E-state index contributed by atoms with van der Waals surface area (Å²) >= 11 is 1.78. The van der Waals surface area contributed by atoms with Crippen molar-refractivity contribution in [3.8, 4) is 0 Å². The molecule has 0 amide bonds. The normalized spacial score (nSPS) is 19.7. The number of fused-ring (bicyclic) bond motifs is 1. The maximum absolute atomic E-state index is 4.52. The highest BCUT2D eigenvalue weighted by Gasteiger charge is 2.22. The summed E-state index contributed by atoms with van der Waals surface area (Å²) in [6.07, 6.45) is 2.98. The number of thiazole rings is 1. The molecule has 26 heavy (non-hydrogen) atoms. The lowest BCUT2D eigenvalue weighted by atomic mass is 9.95. The predicted octanol–water partition coefficient (Wildman–Crippen LogP) is 3.61. The van der Waals surface area contributed by atoms with Crippen molar-refractivity contribution in [2.45, 2.75) is 19.9 Å². The van der Waals surface area contributed by atoms with Gasteiger partial charge >= 0.3 is 0 Å². The second-order valence-electron chi connectivity index (χ2n) is 7.42. The summed E-state index contributed by atoms with van der Waals surface area (Å²) in [4.78, 5) is 15.4. The van der Waals surface area contributed by atoms with Gasteiger partial charge in [-0.15, -0.1) is 11.3 Å². The molecule has 0 radical (unpaired) electrons. The molecule has 2 aromatic heterocycles. The summed E-state index contributed by atoms with van der Waals surface area (Å²) < 4.78 is 0. The average molecular weight is 367 g/mol. The summed E-state index contributed by atoms with van der Waals surface area (Å²) in [5.41, 5.74) is 5.67. The number of hydrogen-bond acceptors (Lipinski definition) is 5. The molecule has 3 aromatic rings. The Morgan fingerprint density at radius 2 is 2.04 bits per heavy atom. The number of pyridine rings is 1. The zero-order chi connectivity index (χ0) is 17.9. The summed E-state index contributed by atoms with van der Waals surface area (Å²) in [7, 11) is 2.25. The van der Waals surface area contributed by atoms with Crippen LogP contribution in [-0.4, -0.2) is 53.0 Å². The van der Waals surface area contributed by atoms with Crippen molar-refractivity contribution in [2.75, 3.05) is 33.2 Å². The predicted molar refractivity (Wildman–Crippen MR) is 109 cm³/mol. The van der Waals surface area contributed by atoms with Gasteiger partial charge in [-0.2, -0.15) is 0 Å². The minimum Gasteiger partial charge on any atom is -0.305 e. The third-order valence-corrected chi connectivity index (χ3v) is 6.26. The second kappa shape index (κ2) is 7.82. The van der Waals surface area contributed by atoms with Crippen LogP contribution < -0.4 is 0 Å². The molecule has 1 atom stereocenters. The van der Waals surface area contributed by atoms with Gasteiger partial charge in [-0.25, -0.2) is 4.98 Å². The summed E-state index contributed by atoms with van der Waals surface area (Å²) in [6.45, 7) is 7.69. The number of rotatable bonds is 4. The quantitative estimate of drug-likeness (QED) is 0.706. The fourth-order valence-corrected chi connectivity index (χ4v) is 4.79. The van der Waals surface area contributed by atoms with Crippen LogP contribution in [0.4, 0.5) is 0 Å². The van der Waals surface area contributed by atoms with E-state index in [-0.39, 0.29) is 0 Å². The van der Waals surface area contributed by atoms with E-state index in [0.717, 1.165) is 44.7 Å². The van der Waals surface area contributed by atoms with Crippen molar-refractivity contribution >= 4 is 22.2 Å². The Morgan fingerprint density at radius 1 is 1.12 bits per heavy atom. The van der Waals surface area contributed by atoms with E-state index in [4.69, 9.17) is 0 Å². The summed E-state index contributed by atoms with van der Waals surface area (Å²) in [5, 5.41) is 1.30. The standard InChI is InChI=1S/C21H26N4S/c1-16-21(26-15-23-16)14-25-10-9-24(2)12-17(13-25)11-18-5-3-7-20-19(18)6-4-8-22-20/h3-8,15,17H,9-14H2,1-2H3/t17-/m0/s1. The molecule has 1 fully saturated rings. The molecule has 5 heteroatoms. The summed E-state index contributed by atoms with van der Waals surface area (Å²) in [5.74, 6) is 0.626. The van der Waals surface area contributed by atoms with E-state index < -0.39 is 0 Å². The fraction of sp³-hybridized carbons (Fsp3) is 0.429. The van der Waals surface area contributed by atoms with Crippen LogP contribution in [-0.2, 0) is 13.0 Å². The van der Waals surface area contributed by atoms with Crippen molar-refractivity contribution in [3.63, 3.8) is 0 Å². The summed E-state index contributed by atoms with van der Waals surface area (Å²) in [6, 6.07) is 10.8. The maximum Gasteiger partial charge on any atom is 0.0798 e. The third kappa shape index (κ3) is 3.95. The second-order valence-corrected chi connectivity index (χ2v) is 8.35. The topological polar surface area (TPSA) is 32.3 Å². The molecule has 0 bridgehead atoms. The highest BCUT2D eigenvalue weighted by molar-refractivity contribution is 7.09. The zero-order valence-corrected chi connectivity index (χ0v) is 16.4. The monoisotopic (exact) mass is 366 g/mol. The minimum atomic E-state index is 0.626. The van der Waals surface area contributed by atoms with Gasteiger partial charge in [0, 0.05) is 49.2 Å². The van der Waals surface area contributed by atoms with Crippen molar-refractivity contribution in [1.82, 2.24) is 19.8 Å². The van der Waals surface area contributed by atoms with Crippen molar-refractivity contribution in [2.24, 2.45) is 5.92 Å². The van der Waals surface area contributed by atoms with Gasteiger partial charge in [-0.05, 0) is 44.0 Å². The molecule has 0 unspecified atom stereocenters. The maximum atomic E-state index is 4.52. The fourth-order valence-electron chi connectivity index (χ4n) is 3.97. The molecular formula is C21H26N4S. The molecule has 1 aliphatic rings. The molecule has 1 aromatic carbocycles. The highest BCUT2D eigenvalue weighted by atomic mass is 32.1. The Bertz CT molecular complexity index is 870. The molecule has 136 valence electrons.